The van der Waals surface area contributed by atoms with E-state index in [0.29, 0.717) is 27.8 Å². The van der Waals surface area contributed by atoms with E-state index in [1.54, 1.807) is 6.07 Å². The van der Waals surface area contributed by atoms with Crippen LogP contribution in [0.3, 0.4) is 0 Å². The van der Waals surface area contributed by atoms with Crippen molar-refractivity contribution in [3.05, 3.63) is 64.7 Å². The largest absolute Gasteiger partial charge is 0.488 e. The molecule has 0 atom stereocenters. The molecule has 0 aliphatic carbocycles. The topological polar surface area (TPSA) is 89.7 Å². The molecule has 0 radical (unpaired) electrons. The highest BCUT2D eigenvalue weighted by atomic mass is 32.1. The number of thiazole rings is 1. The maximum atomic E-state index is 12.7. The normalized spacial score (nSPS) is 11.6. The molecular formula is C20H16F3N5OS. The van der Waals surface area contributed by atoms with Gasteiger partial charge >= 0.3 is 6.18 Å². The van der Waals surface area contributed by atoms with Gasteiger partial charge in [-0.05, 0) is 31.2 Å². The number of nitrogens with one attached hydrogen (secondary N) is 1. The maximum absolute atomic E-state index is 12.7. The Hall–Kier alpha value is -3.40. The summed E-state index contributed by atoms with van der Waals surface area (Å²) in [6.07, 6.45) is -4.36. The van der Waals surface area contributed by atoms with Gasteiger partial charge in [0.2, 0.25) is 0 Å². The minimum atomic E-state index is -4.36. The van der Waals surface area contributed by atoms with Crippen LogP contribution in [0.1, 0.15) is 16.1 Å². The molecule has 0 spiro atoms. The standard InChI is InChI=1S/C20H16F3N5OS/c1-11-16(30-19(25-11)12-5-7-14(8-6-12)20(21,22)23)10-29-15-4-2-3-13(9-15)17-18(24)27-28-26-17/h2-9H,10H2,1H3,(H3,24,26,27,28). The van der Waals surface area contributed by atoms with Gasteiger partial charge in [0.05, 0.1) is 16.1 Å². The number of aryl methyl sites for hydroxylation is 1. The predicted octanol–water partition coefficient (Wildman–Crippen LogP) is 5.08. The van der Waals surface area contributed by atoms with Gasteiger partial charge in [-0.15, -0.1) is 16.4 Å². The molecule has 0 unspecified atom stereocenters. The highest BCUT2D eigenvalue weighted by molar-refractivity contribution is 7.15. The van der Waals surface area contributed by atoms with Gasteiger partial charge < -0.3 is 10.5 Å². The first-order valence-corrected chi connectivity index (χ1v) is 9.66. The van der Waals surface area contributed by atoms with Gasteiger partial charge in [0.15, 0.2) is 5.82 Å². The molecule has 30 heavy (non-hydrogen) atoms. The Kier molecular flexibility index (Phi) is 5.17. The van der Waals surface area contributed by atoms with Gasteiger partial charge in [-0.3, -0.25) is 0 Å². The second kappa shape index (κ2) is 7.79. The summed E-state index contributed by atoms with van der Waals surface area (Å²) in [5, 5.41) is 11.0. The SMILES string of the molecule is Cc1nc(-c2ccc(C(F)(F)F)cc2)sc1COc1cccc(-c2n[nH]nc2N)c1. The number of aromatic nitrogens is 4. The second-order valence-corrected chi connectivity index (χ2v) is 7.56. The molecule has 4 rings (SSSR count). The number of nitrogens with two attached hydrogens (primary N) is 1. The molecule has 2 aromatic carbocycles. The Morgan fingerprint density at radius 2 is 1.83 bits per heavy atom. The molecule has 2 aromatic heterocycles. The number of nitrogen functional groups attached to an aromatic ring is 1. The van der Waals surface area contributed by atoms with E-state index in [2.05, 4.69) is 20.4 Å². The third-order valence-electron chi connectivity index (χ3n) is 4.40. The zero-order chi connectivity index (χ0) is 21.3. The molecule has 0 aliphatic rings. The van der Waals surface area contributed by atoms with Crippen LogP contribution in [-0.2, 0) is 12.8 Å². The summed E-state index contributed by atoms with van der Waals surface area (Å²) in [7, 11) is 0. The Morgan fingerprint density at radius 1 is 1.07 bits per heavy atom. The number of aromatic amines is 1. The molecule has 6 nitrogen and oxygen atoms in total. The smallest absolute Gasteiger partial charge is 0.416 e. The van der Waals surface area contributed by atoms with Crippen molar-refractivity contribution in [1.29, 1.82) is 0 Å². The number of benzene rings is 2. The maximum Gasteiger partial charge on any atom is 0.416 e. The summed E-state index contributed by atoms with van der Waals surface area (Å²) in [5.74, 6) is 0.922. The number of ether oxygens (including phenoxy) is 1. The molecule has 0 bridgehead atoms. The van der Waals surface area contributed by atoms with Crippen LogP contribution < -0.4 is 10.5 Å². The lowest BCUT2D eigenvalue weighted by Gasteiger charge is -2.07. The van der Waals surface area contributed by atoms with E-state index in [0.717, 1.165) is 28.3 Å². The zero-order valence-corrected chi connectivity index (χ0v) is 16.5. The first-order valence-electron chi connectivity index (χ1n) is 8.84. The monoisotopic (exact) mass is 431 g/mol. The fraction of sp³-hybridized carbons (Fsp3) is 0.150. The van der Waals surface area contributed by atoms with Crippen LogP contribution in [0.5, 0.6) is 5.75 Å². The number of H-pyrrole nitrogens is 1. The van der Waals surface area contributed by atoms with Gasteiger partial charge in [0, 0.05) is 11.1 Å². The first kappa shape index (κ1) is 19.9. The van der Waals surface area contributed by atoms with Gasteiger partial charge in [0.1, 0.15) is 23.1 Å². The average Bonchev–Trinajstić information content (AvgIpc) is 3.31. The van der Waals surface area contributed by atoms with Crippen molar-refractivity contribution >= 4 is 17.2 Å². The number of alkyl halides is 3. The van der Waals surface area contributed by atoms with Crippen molar-refractivity contribution in [3.8, 4) is 27.6 Å². The van der Waals surface area contributed by atoms with Crippen molar-refractivity contribution in [2.24, 2.45) is 0 Å². The van der Waals surface area contributed by atoms with Gasteiger partial charge in [-0.2, -0.15) is 23.5 Å². The van der Waals surface area contributed by atoms with E-state index in [4.69, 9.17) is 10.5 Å². The number of halogens is 3. The van der Waals surface area contributed by atoms with E-state index in [9.17, 15) is 13.2 Å². The van der Waals surface area contributed by atoms with E-state index in [1.165, 1.54) is 23.5 Å². The number of hydrogen-bond donors (Lipinski definition) is 2. The van der Waals surface area contributed by atoms with E-state index in [-0.39, 0.29) is 6.61 Å². The number of anilines is 1. The van der Waals surface area contributed by atoms with Crippen molar-refractivity contribution in [1.82, 2.24) is 20.4 Å². The number of rotatable bonds is 5. The third-order valence-corrected chi connectivity index (χ3v) is 5.58. The van der Waals surface area contributed by atoms with Gasteiger partial charge in [-0.25, -0.2) is 4.98 Å². The van der Waals surface area contributed by atoms with Gasteiger partial charge in [0.25, 0.3) is 0 Å². The molecule has 0 saturated carbocycles. The average molecular weight is 431 g/mol. The molecule has 10 heteroatoms. The molecule has 4 aromatic rings. The third kappa shape index (κ3) is 4.13. The summed E-state index contributed by atoms with van der Waals surface area (Å²) in [6, 6.07) is 12.3. The number of hydrogen-bond acceptors (Lipinski definition) is 6. The lowest BCUT2D eigenvalue weighted by molar-refractivity contribution is -0.137. The molecule has 3 N–H and O–H groups in total. The van der Waals surface area contributed by atoms with Crippen LogP contribution in [0, 0.1) is 6.92 Å². The summed E-state index contributed by atoms with van der Waals surface area (Å²) < 4.78 is 44.1. The molecule has 2 heterocycles. The lowest BCUT2D eigenvalue weighted by Crippen LogP contribution is -2.03. The van der Waals surface area contributed by atoms with Crippen LogP contribution in [0.25, 0.3) is 21.8 Å². The summed E-state index contributed by atoms with van der Waals surface area (Å²) in [5.41, 5.74) is 7.81. The van der Waals surface area contributed by atoms with Gasteiger partial charge in [-0.1, -0.05) is 24.3 Å². The Bertz CT molecular complexity index is 1170. The van der Waals surface area contributed by atoms with Crippen LogP contribution in [0.4, 0.5) is 19.0 Å². The molecule has 154 valence electrons. The molecule has 0 aliphatic heterocycles. The van der Waals surface area contributed by atoms with Crippen molar-refractivity contribution in [3.63, 3.8) is 0 Å². The highest BCUT2D eigenvalue weighted by Gasteiger charge is 2.30. The molecule has 0 amide bonds. The molecular weight excluding hydrogens is 415 g/mol. The quantitative estimate of drug-likeness (QED) is 0.460. The van der Waals surface area contributed by atoms with Crippen LogP contribution in [-0.4, -0.2) is 20.4 Å². The van der Waals surface area contributed by atoms with Crippen LogP contribution in [0.15, 0.2) is 48.5 Å². The van der Waals surface area contributed by atoms with E-state index >= 15 is 0 Å². The summed E-state index contributed by atoms with van der Waals surface area (Å²) in [4.78, 5) is 5.36. The Morgan fingerprint density at radius 3 is 2.50 bits per heavy atom. The Balaban J connectivity index is 1.49. The van der Waals surface area contributed by atoms with Crippen LogP contribution >= 0.6 is 11.3 Å². The highest BCUT2D eigenvalue weighted by Crippen LogP contribution is 2.33. The predicted molar refractivity (Wildman–Crippen MR) is 108 cm³/mol. The first-order chi connectivity index (χ1) is 14.3. The Labute approximate surface area is 173 Å². The zero-order valence-electron chi connectivity index (χ0n) is 15.7. The fourth-order valence-corrected chi connectivity index (χ4v) is 3.80. The van der Waals surface area contributed by atoms with E-state index in [1.807, 2.05) is 25.1 Å². The van der Waals surface area contributed by atoms with Crippen molar-refractivity contribution < 1.29 is 17.9 Å². The minimum Gasteiger partial charge on any atom is -0.488 e. The minimum absolute atomic E-state index is 0.280. The fourth-order valence-electron chi connectivity index (χ4n) is 2.82. The van der Waals surface area contributed by atoms with Crippen molar-refractivity contribution in [2.45, 2.75) is 19.7 Å². The number of nitrogens with zero attached hydrogens (tertiary/aromatic N) is 3. The van der Waals surface area contributed by atoms with Crippen LogP contribution in [0.2, 0.25) is 0 Å². The molecule has 0 fully saturated rings. The lowest BCUT2D eigenvalue weighted by atomic mass is 10.1. The molecule has 0 saturated heterocycles. The van der Waals surface area contributed by atoms with E-state index < -0.39 is 11.7 Å². The second-order valence-electron chi connectivity index (χ2n) is 6.48. The van der Waals surface area contributed by atoms with Crippen molar-refractivity contribution in [2.75, 3.05) is 5.73 Å². The summed E-state index contributed by atoms with van der Waals surface area (Å²) in [6.45, 7) is 2.12. The summed E-state index contributed by atoms with van der Waals surface area (Å²) >= 11 is 1.38.